The number of carbonyl (C=O) groups excluding carboxylic acids is 1. The average Bonchev–Trinajstić information content (AvgIpc) is 2.47. The molecule has 120 valence electrons. The van der Waals surface area contributed by atoms with Crippen LogP contribution in [0.5, 0.6) is 5.75 Å². The van der Waals surface area contributed by atoms with Crippen LogP contribution in [0.3, 0.4) is 0 Å². The van der Waals surface area contributed by atoms with Crippen molar-refractivity contribution >= 4 is 22.0 Å². The molecule has 0 saturated carbocycles. The molecule has 1 aromatic rings. The number of carboxylic acid groups (broad SMARTS) is 1. The molecule has 0 spiro atoms. The smallest absolute Gasteiger partial charge is 0.385 e. The second kappa shape index (κ2) is 6.28. The van der Waals surface area contributed by atoms with Crippen LogP contribution in [0, 0.1) is 16.0 Å². The van der Waals surface area contributed by atoms with Crippen molar-refractivity contribution in [2.45, 2.75) is 12.8 Å². The van der Waals surface area contributed by atoms with Gasteiger partial charge >= 0.3 is 10.3 Å². The fourth-order valence-electron chi connectivity index (χ4n) is 2.14. The summed E-state index contributed by atoms with van der Waals surface area (Å²) < 4.78 is 30.0. The standard InChI is InChI=1S/C12H14N2O7S/c15-12(16)9-2-1-7-13(8-9)22(19,20)21-11-5-3-10(4-6-11)14(17)18/h3-6,9H,1-2,7-8H2,(H,15,16)/p-1/t9-/m0/s1. The van der Waals surface area contributed by atoms with Crippen molar-refractivity contribution in [2.24, 2.45) is 5.92 Å². The van der Waals surface area contributed by atoms with Crippen molar-refractivity contribution in [1.82, 2.24) is 4.31 Å². The summed E-state index contributed by atoms with van der Waals surface area (Å²) in [5.41, 5.74) is -0.195. The number of nitro groups is 1. The van der Waals surface area contributed by atoms with Gasteiger partial charge < -0.3 is 14.1 Å². The molecule has 0 bridgehead atoms. The fraction of sp³-hybridized carbons (Fsp3) is 0.417. The highest BCUT2D eigenvalue weighted by Crippen LogP contribution is 2.23. The minimum Gasteiger partial charge on any atom is -0.550 e. The van der Waals surface area contributed by atoms with Crippen molar-refractivity contribution in [1.29, 1.82) is 0 Å². The number of carbonyl (C=O) groups is 1. The maximum Gasteiger partial charge on any atom is 0.385 e. The first kappa shape index (κ1) is 16.2. The molecule has 1 fully saturated rings. The van der Waals surface area contributed by atoms with Gasteiger partial charge in [-0.1, -0.05) is 0 Å². The molecule has 0 aliphatic carbocycles. The topological polar surface area (TPSA) is 130 Å². The Kier molecular flexibility index (Phi) is 4.62. The Morgan fingerprint density at radius 2 is 1.95 bits per heavy atom. The molecule has 1 aliphatic rings. The number of nitrogens with zero attached hydrogens (tertiary/aromatic N) is 2. The van der Waals surface area contributed by atoms with Gasteiger partial charge in [0.05, 0.1) is 4.92 Å². The number of carboxylic acids is 1. The Labute approximate surface area is 126 Å². The third-order valence-electron chi connectivity index (χ3n) is 3.28. The van der Waals surface area contributed by atoms with Gasteiger partial charge in [0.25, 0.3) is 5.69 Å². The normalized spacial score (nSPS) is 19.5. The molecule has 0 amide bonds. The van der Waals surface area contributed by atoms with Crippen LogP contribution < -0.4 is 9.29 Å². The molecule has 0 unspecified atom stereocenters. The first-order valence-corrected chi connectivity index (χ1v) is 7.81. The summed E-state index contributed by atoms with van der Waals surface area (Å²) in [6, 6.07) is 4.56. The molecule has 0 aromatic heterocycles. The van der Waals surface area contributed by atoms with E-state index in [-0.39, 0.29) is 24.5 Å². The lowest BCUT2D eigenvalue weighted by molar-refractivity contribution is -0.384. The lowest BCUT2D eigenvalue weighted by atomic mass is 10.0. The first-order chi connectivity index (χ1) is 10.3. The minimum absolute atomic E-state index is 0.0822. The van der Waals surface area contributed by atoms with Gasteiger partial charge in [0.15, 0.2) is 0 Å². The van der Waals surface area contributed by atoms with Gasteiger partial charge in [-0.25, -0.2) is 0 Å². The van der Waals surface area contributed by atoms with Crippen LogP contribution in [0.25, 0.3) is 0 Å². The van der Waals surface area contributed by atoms with E-state index in [4.69, 9.17) is 4.18 Å². The zero-order valence-electron chi connectivity index (χ0n) is 11.4. The predicted molar refractivity (Wildman–Crippen MR) is 71.9 cm³/mol. The quantitative estimate of drug-likeness (QED) is 0.534. The van der Waals surface area contributed by atoms with Crippen molar-refractivity contribution in [2.75, 3.05) is 13.1 Å². The number of benzene rings is 1. The Balaban J connectivity index is 2.10. The van der Waals surface area contributed by atoms with Gasteiger partial charge in [-0.3, -0.25) is 10.1 Å². The molecule has 10 heteroatoms. The van der Waals surface area contributed by atoms with E-state index in [1.54, 1.807) is 0 Å². The third-order valence-corrected chi connectivity index (χ3v) is 4.65. The van der Waals surface area contributed by atoms with E-state index in [1.807, 2.05) is 0 Å². The van der Waals surface area contributed by atoms with Crippen molar-refractivity contribution in [3.63, 3.8) is 0 Å². The summed E-state index contributed by atoms with van der Waals surface area (Å²) in [5.74, 6) is -2.25. The summed E-state index contributed by atoms with van der Waals surface area (Å²) in [5, 5.41) is 21.4. The van der Waals surface area contributed by atoms with Crippen molar-refractivity contribution in [3.05, 3.63) is 34.4 Å². The molecule has 1 aromatic carbocycles. The average molecular weight is 329 g/mol. The molecule has 1 atom stereocenters. The zero-order chi connectivity index (χ0) is 16.3. The second-order valence-electron chi connectivity index (χ2n) is 4.81. The number of aliphatic carboxylic acids is 1. The van der Waals surface area contributed by atoms with Gasteiger partial charge in [0.2, 0.25) is 0 Å². The largest absolute Gasteiger partial charge is 0.550 e. The number of non-ortho nitro benzene ring substituents is 1. The SMILES string of the molecule is O=C([O-])[C@H]1CCCN(S(=O)(=O)Oc2ccc([N+](=O)[O-])cc2)C1. The number of nitro benzene ring substituents is 1. The highest BCUT2D eigenvalue weighted by molar-refractivity contribution is 7.84. The zero-order valence-corrected chi connectivity index (χ0v) is 12.2. The maximum absolute atomic E-state index is 12.1. The number of hydrogen-bond donors (Lipinski definition) is 0. The van der Waals surface area contributed by atoms with E-state index in [2.05, 4.69) is 0 Å². The fourth-order valence-corrected chi connectivity index (χ4v) is 3.31. The van der Waals surface area contributed by atoms with E-state index >= 15 is 0 Å². The van der Waals surface area contributed by atoms with Crippen molar-refractivity contribution < 1.29 is 27.4 Å². The predicted octanol–water partition coefficient (Wildman–Crippen LogP) is -0.320. The van der Waals surface area contributed by atoms with Gasteiger partial charge in [-0.15, -0.1) is 0 Å². The Bertz CT molecular complexity index is 671. The molecule has 9 nitrogen and oxygen atoms in total. The highest BCUT2D eigenvalue weighted by Gasteiger charge is 2.31. The summed E-state index contributed by atoms with van der Waals surface area (Å²) >= 11 is 0. The highest BCUT2D eigenvalue weighted by atomic mass is 32.2. The molecule has 1 saturated heterocycles. The molecular weight excluding hydrogens is 316 g/mol. The maximum atomic E-state index is 12.1. The summed E-state index contributed by atoms with van der Waals surface area (Å²) in [4.78, 5) is 20.8. The van der Waals surface area contributed by atoms with Crippen LogP contribution in [-0.2, 0) is 15.1 Å². The van der Waals surface area contributed by atoms with Crippen LogP contribution in [0.15, 0.2) is 24.3 Å². The Hall–Kier alpha value is -2.20. The van der Waals surface area contributed by atoms with Gasteiger partial charge in [-0.2, -0.15) is 12.7 Å². The summed E-state index contributed by atoms with van der Waals surface area (Å²) in [7, 11) is -4.16. The van der Waals surface area contributed by atoms with E-state index in [0.717, 1.165) is 28.6 Å². The summed E-state index contributed by atoms with van der Waals surface area (Å²) in [6.07, 6.45) is 0.743. The van der Waals surface area contributed by atoms with Crippen LogP contribution in [0.2, 0.25) is 0 Å². The molecule has 1 aliphatic heterocycles. The van der Waals surface area contributed by atoms with Gasteiger partial charge in [0, 0.05) is 37.1 Å². The molecule has 2 rings (SSSR count). The van der Waals surface area contributed by atoms with Crippen LogP contribution in [-0.4, -0.2) is 36.7 Å². The molecule has 22 heavy (non-hydrogen) atoms. The molecule has 1 heterocycles. The first-order valence-electron chi connectivity index (χ1n) is 6.44. The lowest BCUT2D eigenvalue weighted by Gasteiger charge is -2.31. The van der Waals surface area contributed by atoms with E-state index in [9.17, 15) is 28.4 Å². The Morgan fingerprint density at radius 1 is 1.32 bits per heavy atom. The van der Waals surface area contributed by atoms with Crippen molar-refractivity contribution in [3.8, 4) is 5.75 Å². The van der Waals surface area contributed by atoms with Crippen LogP contribution in [0.1, 0.15) is 12.8 Å². The monoisotopic (exact) mass is 329 g/mol. The van der Waals surface area contributed by atoms with Gasteiger partial charge in [-0.05, 0) is 25.0 Å². The minimum atomic E-state index is -4.16. The van der Waals surface area contributed by atoms with E-state index in [1.165, 1.54) is 0 Å². The van der Waals surface area contributed by atoms with E-state index < -0.39 is 27.1 Å². The Morgan fingerprint density at radius 3 is 2.50 bits per heavy atom. The number of rotatable bonds is 5. The second-order valence-corrected chi connectivity index (χ2v) is 6.35. The van der Waals surface area contributed by atoms with Crippen LogP contribution in [0.4, 0.5) is 5.69 Å². The lowest BCUT2D eigenvalue weighted by Crippen LogP contribution is -2.47. The summed E-state index contributed by atoms with van der Waals surface area (Å²) in [6.45, 7) is -0.0588. The molecule has 0 radical (unpaired) electrons. The molecule has 0 N–H and O–H groups in total. The number of hydrogen-bond acceptors (Lipinski definition) is 7. The molecular formula is C12H13N2O7S-. The van der Waals surface area contributed by atoms with Crippen LogP contribution >= 0.6 is 0 Å². The van der Waals surface area contributed by atoms with Gasteiger partial charge in [0.1, 0.15) is 5.75 Å². The third kappa shape index (κ3) is 3.71. The number of piperidine rings is 1. The van der Waals surface area contributed by atoms with E-state index in [0.29, 0.717) is 12.8 Å².